The van der Waals surface area contributed by atoms with Gasteiger partial charge in [-0.15, -0.1) is 0 Å². The van der Waals surface area contributed by atoms with Gasteiger partial charge in [0, 0.05) is 12.7 Å². The van der Waals surface area contributed by atoms with E-state index in [9.17, 15) is 8.42 Å². The Morgan fingerprint density at radius 2 is 2.10 bits per heavy atom. The van der Waals surface area contributed by atoms with E-state index in [2.05, 4.69) is 21.0 Å². The topological polar surface area (TPSA) is 70.4 Å². The molecule has 1 aromatic carbocycles. The summed E-state index contributed by atoms with van der Waals surface area (Å²) in [7, 11) is -1.83. The Kier molecular flexibility index (Phi) is 5.02. The van der Waals surface area contributed by atoms with Crippen molar-refractivity contribution in [2.45, 2.75) is 6.92 Å². The zero-order chi connectivity index (χ0) is 15.5. The number of hydrogen-bond donors (Lipinski definition) is 0. The Balaban J connectivity index is 2.34. The van der Waals surface area contributed by atoms with Gasteiger partial charge in [-0.1, -0.05) is 6.07 Å². The summed E-state index contributed by atoms with van der Waals surface area (Å²) >= 11 is 3.38. The van der Waals surface area contributed by atoms with Crippen molar-refractivity contribution in [3.63, 3.8) is 0 Å². The first-order valence-electron chi connectivity index (χ1n) is 6.17. The first kappa shape index (κ1) is 16.0. The first-order chi connectivity index (χ1) is 9.97. The van der Waals surface area contributed by atoms with Crippen LogP contribution >= 0.6 is 15.9 Å². The van der Waals surface area contributed by atoms with Crippen LogP contribution in [0.3, 0.4) is 0 Å². The van der Waals surface area contributed by atoms with Crippen molar-refractivity contribution in [2.24, 2.45) is 0 Å². The van der Waals surface area contributed by atoms with Crippen molar-refractivity contribution in [2.75, 3.05) is 19.7 Å². The maximum Gasteiger partial charge on any atom is 0.253 e. The summed E-state index contributed by atoms with van der Waals surface area (Å²) in [4.78, 5) is 0. The zero-order valence-electron chi connectivity index (χ0n) is 11.6. The maximum atomic E-state index is 11.8. The van der Waals surface area contributed by atoms with Crippen LogP contribution in [0.25, 0.3) is 11.1 Å². The highest BCUT2D eigenvalue weighted by molar-refractivity contribution is 9.10. The van der Waals surface area contributed by atoms with E-state index < -0.39 is 10.0 Å². The van der Waals surface area contributed by atoms with E-state index in [1.165, 1.54) is 19.5 Å². The third-order valence-electron chi connectivity index (χ3n) is 2.81. The van der Waals surface area contributed by atoms with Gasteiger partial charge in [-0.05, 0) is 40.5 Å². The molecule has 1 aromatic heterocycles. The molecule has 0 spiro atoms. The van der Waals surface area contributed by atoms with E-state index in [1.54, 1.807) is 13.0 Å². The fourth-order valence-electron chi connectivity index (χ4n) is 1.65. The standard InChI is InChI=1S/C13H15BrN2O4S/c1-3-21(17,18)16-8-11(7-15-16)10-4-5-12(14)13(6-10)20-9-19-2/h4-8H,3,9H2,1-2H3. The maximum absolute atomic E-state index is 11.8. The lowest BCUT2D eigenvalue weighted by molar-refractivity contribution is 0.0506. The average molecular weight is 375 g/mol. The minimum Gasteiger partial charge on any atom is -0.466 e. The molecule has 0 aliphatic carbocycles. The first-order valence-corrected chi connectivity index (χ1v) is 8.57. The molecule has 0 unspecified atom stereocenters. The lowest BCUT2D eigenvalue weighted by atomic mass is 10.1. The molecule has 0 N–H and O–H groups in total. The minimum absolute atomic E-state index is 0.00332. The van der Waals surface area contributed by atoms with Gasteiger partial charge in [0.2, 0.25) is 0 Å². The van der Waals surface area contributed by atoms with Gasteiger partial charge in [0.05, 0.1) is 22.6 Å². The van der Waals surface area contributed by atoms with E-state index >= 15 is 0 Å². The van der Waals surface area contributed by atoms with Crippen LogP contribution in [0.1, 0.15) is 6.92 Å². The normalized spacial score (nSPS) is 11.6. The van der Waals surface area contributed by atoms with Gasteiger partial charge in [0.15, 0.2) is 6.79 Å². The molecule has 2 rings (SSSR count). The largest absolute Gasteiger partial charge is 0.466 e. The van der Waals surface area contributed by atoms with Crippen molar-refractivity contribution in [1.82, 2.24) is 9.19 Å². The van der Waals surface area contributed by atoms with Crippen molar-refractivity contribution in [3.8, 4) is 16.9 Å². The van der Waals surface area contributed by atoms with E-state index in [4.69, 9.17) is 9.47 Å². The Morgan fingerprint density at radius 3 is 2.76 bits per heavy atom. The Hall–Kier alpha value is -1.38. The van der Waals surface area contributed by atoms with Gasteiger partial charge in [0.25, 0.3) is 10.0 Å². The van der Waals surface area contributed by atoms with Crippen LogP contribution < -0.4 is 4.74 Å². The smallest absolute Gasteiger partial charge is 0.253 e. The number of rotatable bonds is 6. The number of hydrogen-bond acceptors (Lipinski definition) is 5. The van der Waals surface area contributed by atoms with Gasteiger partial charge in [-0.2, -0.15) is 9.19 Å². The molecule has 6 nitrogen and oxygen atoms in total. The number of ether oxygens (including phenoxy) is 2. The summed E-state index contributed by atoms with van der Waals surface area (Å²) in [5.74, 6) is 0.608. The zero-order valence-corrected chi connectivity index (χ0v) is 14.0. The summed E-state index contributed by atoms with van der Waals surface area (Å²) < 4.78 is 35.6. The molecule has 0 saturated heterocycles. The van der Waals surface area contributed by atoms with Gasteiger partial charge in [-0.25, -0.2) is 8.42 Å². The van der Waals surface area contributed by atoms with E-state index in [-0.39, 0.29) is 12.5 Å². The molecule has 0 bridgehead atoms. The molecule has 8 heteroatoms. The van der Waals surface area contributed by atoms with Crippen LogP contribution in [-0.4, -0.2) is 37.3 Å². The van der Waals surface area contributed by atoms with Crippen molar-refractivity contribution in [1.29, 1.82) is 0 Å². The highest BCUT2D eigenvalue weighted by Crippen LogP contribution is 2.31. The third kappa shape index (κ3) is 3.63. The molecular weight excluding hydrogens is 360 g/mol. The number of nitrogens with zero attached hydrogens (tertiary/aromatic N) is 2. The van der Waals surface area contributed by atoms with Gasteiger partial charge in [0.1, 0.15) is 5.75 Å². The summed E-state index contributed by atoms with van der Waals surface area (Å²) in [6.45, 7) is 1.71. The lowest BCUT2D eigenvalue weighted by Gasteiger charge is -2.08. The number of methoxy groups -OCH3 is 1. The van der Waals surface area contributed by atoms with Crippen LogP contribution in [0, 0.1) is 0 Å². The van der Waals surface area contributed by atoms with Crippen LogP contribution in [0.2, 0.25) is 0 Å². The molecule has 1 heterocycles. The van der Waals surface area contributed by atoms with Crippen molar-refractivity contribution in [3.05, 3.63) is 35.1 Å². The lowest BCUT2D eigenvalue weighted by Crippen LogP contribution is -2.14. The second kappa shape index (κ2) is 6.59. The SMILES string of the molecule is CCS(=O)(=O)n1cc(-c2ccc(Br)c(OCOC)c2)cn1. The number of halogens is 1. The van der Waals surface area contributed by atoms with Crippen LogP contribution in [0.4, 0.5) is 0 Å². The Bertz CT molecular complexity index is 728. The average Bonchev–Trinajstić information content (AvgIpc) is 2.97. The highest BCUT2D eigenvalue weighted by Gasteiger charge is 2.13. The molecule has 21 heavy (non-hydrogen) atoms. The fourth-order valence-corrected chi connectivity index (χ4v) is 2.74. The number of aromatic nitrogens is 2. The second-order valence-corrected chi connectivity index (χ2v) is 7.17. The molecule has 2 aromatic rings. The summed E-state index contributed by atoms with van der Waals surface area (Å²) in [5, 5.41) is 3.90. The molecule has 0 radical (unpaired) electrons. The molecule has 0 fully saturated rings. The predicted molar refractivity (Wildman–Crippen MR) is 82.7 cm³/mol. The number of benzene rings is 1. The molecular formula is C13H15BrN2O4S. The highest BCUT2D eigenvalue weighted by atomic mass is 79.9. The van der Waals surface area contributed by atoms with Gasteiger partial charge < -0.3 is 9.47 Å². The van der Waals surface area contributed by atoms with Gasteiger partial charge >= 0.3 is 0 Å². The quantitative estimate of drug-likeness (QED) is 0.726. The fraction of sp³-hybridized carbons (Fsp3) is 0.308. The summed E-state index contributed by atoms with van der Waals surface area (Å²) in [6, 6.07) is 5.47. The summed E-state index contributed by atoms with van der Waals surface area (Å²) in [5.41, 5.74) is 1.50. The summed E-state index contributed by atoms with van der Waals surface area (Å²) in [6.07, 6.45) is 3.00. The van der Waals surface area contributed by atoms with Crippen molar-refractivity contribution >= 4 is 26.0 Å². The molecule has 0 amide bonds. The van der Waals surface area contributed by atoms with Crippen LogP contribution in [-0.2, 0) is 14.8 Å². The molecule has 0 atom stereocenters. The molecule has 0 aliphatic rings. The van der Waals surface area contributed by atoms with Crippen molar-refractivity contribution < 1.29 is 17.9 Å². The second-order valence-electron chi connectivity index (χ2n) is 4.20. The molecule has 0 aliphatic heterocycles. The molecule has 0 saturated carbocycles. The van der Waals surface area contributed by atoms with E-state index in [0.29, 0.717) is 11.3 Å². The molecule has 114 valence electrons. The third-order valence-corrected chi connectivity index (χ3v) is 4.96. The Morgan fingerprint density at radius 1 is 1.33 bits per heavy atom. The van der Waals surface area contributed by atoms with E-state index in [0.717, 1.165) is 14.1 Å². The van der Waals surface area contributed by atoms with Crippen LogP contribution in [0.15, 0.2) is 35.1 Å². The minimum atomic E-state index is -3.37. The Labute approximate surface area is 131 Å². The van der Waals surface area contributed by atoms with Crippen LogP contribution in [0.5, 0.6) is 5.75 Å². The van der Waals surface area contributed by atoms with Gasteiger partial charge in [-0.3, -0.25) is 0 Å². The van der Waals surface area contributed by atoms with E-state index in [1.807, 2.05) is 12.1 Å². The predicted octanol–water partition coefficient (Wildman–Crippen LogP) is 2.49. The monoisotopic (exact) mass is 374 g/mol.